The lowest BCUT2D eigenvalue weighted by Crippen LogP contribution is -2.21. The van der Waals surface area contributed by atoms with Crippen molar-refractivity contribution in [1.29, 1.82) is 0 Å². The Morgan fingerprint density at radius 1 is 0.960 bits per heavy atom. The van der Waals surface area contributed by atoms with Crippen LogP contribution in [0.15, 0.2) is 42.5 Å². The highest BCUT2D eigenvalue weighted by Gasteiger charge is 2.05. The molecule has 0 spiro atoms. The highest BCUT2D eigenvalue weighted by molar-refractivity contribution is 6.35. The molecule has 0 radical (unpaired) electrons. The molecule has 0 atom stereocenters. The zero-order valence-corrected chi connectivity index (χ0v) is 16.0. The van der Waals surface area contributed by atoms with Crippen molar-refractivity contribution in [1.82, 2.24) is 0 Å². The zero-order chi connectivity index (χ0) is 18.2. The van der Waals surface area contributed by atoms with Gasteiger partial charge in [0.1, 0.15) is 0 Å². The van der Waals surface area contributed by atoms with Crippen LogP contribution in [0.1, 0.15) is 20.3 Å². The third-order valence-corrected chi connectivity index (χ3v) is 4.26. The number of halogens is 2. The molecule has 134 valence electrons. The number of hydrogen-bond donors (Lipinski definition) is 2. The highest BCUT2D eigenvalue weighted by atomic mass is 35.5. The van der Waals surface area contributed by atoms with Gasteiger partial charge in [-0.3, -0.25) is 4.79 Å². The van der Waals surface area contributed by atoms with E-state index in [2.05, 4.69) is 41.5 Å². The van der Waals surface area contributed by atoms with Crippen LogP contribution in [-0.4, -0.2) is 25.5 Å². The molecule has 0 heterocycles. The van der Waals surface area contributed by atoms with Gasteiger partial charge in [0, 0.05) is 53.2 Å². The summed E-state index contributed by atoms with van der Waals surface area (Å²) in [6.07, 6.45) is 0.349. The summed E-state index contributed by atoms with van der Waals surface area (Å²) < 4.78 is 0. The van der Waals surface area contributed by atoms with Gasteiger partial charge in [-0.1, -0.05) is 23.2 Å². The number of amides is 1. The molecule has 0 bridgehead atoms. The van der Waals surface area contributed by atoms with E-state index in [0.29, 0.717) is 28.7 Å². The first kappa shape index (κ1) is 19.4. The van der Waals surface area contributed by atoms with Crippen molar-refractivity contribution in [2.45, 2.75) is 20.3 Å². The third kappa shape index (κ3) is 6.15. The Morgan fingerprint density at radius 3 is 2.12 bits per heavy atom. The van der Waals surface area contributed by atoms with Crippen molar-refractivity contribution in [2.24, 2.45) is 0 Å². The van der Waals surface area contributed by atoms with Crippen LogP contribution in [0.25, 0.3) is 0 Å². The molecule has 0 aliphatic rings. The largest absolute Gasteiger partial charge is 0.385 e. The number of anilines is 3. The molecule has 0 aromatic heterocycles. The maximum Gasteiger partial charge on any atom is 0.226 e. The second kappa shape index (κ2) is 9.54. The van der Waals surface area contributed by atoms with E-state index in [-0.39, 0.29) is 5.91 Å². The van der Waals surface area contributed by atoms with Gasteiger partial charge in [0.05, 0.1) is 0 Å². The van der Waals surface area contributed by atoms with Crippen molar-refractivity contribution in [2.75, 3.05) is 35.2 Å². The number of nitrogens with one attached hydrogen (secondary N) is 2. The maximum absolute atomic E-state index is 12.0. The summed E-state index contributed by atoms with van der Waals surface area (Å²) in [6.45, 7) is 6.79. The highest BCUT2D eigenvalue weighted by Crippen LogP contribution is 2.22. The van der Waals surface area contributed by atoms with Gasteiger partial charge in [-0.25, -0.2) is 0 Å². The van der Waals surface area contributed by atoms with Crippen LogP contribution in [0.3, 0.4) is 0 Å². The Labute approximate surface area is 159 Å². The van der Waals surface area contributed by atoms with Crippen LogP contribution in [0.2, 0.25) is 10.0 Å². The number of rotatable bonds is 8. The molecule has 0 unspecified atom stereocenters. The van der Waals surface area contributed by atoms with Gasteiger partial charge in [0.25, 0.3) is 0 Å². The molecule has 0 saturated heterocycles. The standard InChI is InChI=1S/C19H23Cl2N3O/c1-3-24(4-2)18-7-5-16(6-8-18)22-10-9-19(25)23-17-12-14(20)11-15(21)13-17/h5-8,11-13,22H,3-4,9-10H2,1-2H3,(H,23,25). The van der Waals surface area contributed by atoms with Crippen LogP contribution in [-0.2, 0) is 4.79 Å². The van der Waals surface area contributed by atoms with Crippen molar-refractivity contribution in [3.63, 3.8) is 0 Å². The summed E-state index contributed by atoms with van der Waals surface area (Å²) in [6, 6.07) is 13.2. The van der Waals surface area contributed by atoms with Gasteiger partial charge in [-0.15, -0.1) is 0 Å². The predicted octanol–water partition coefficient (Wildman–Crippen LogP) is 5.28. The van der Waals surface area contributed by atoms with E-state index in [1.165, 1.54) is 5.69 Å². The van der Waals surface area contributed by atoms with Crippen molar-refractivity contribution in [3.8, 4) is 0 Å². The fourth-order valence-corrected chi connectivity index (χ4v) is 3.07. The molecule has 4 nitrogen and oxygen atoms in total. The van der Waals surface area contributed by atoms with Gasteiger partial charge in [0.2, 0.25) is 5.91 Å². The molecule has 2 N–H and O–H groups in total. The Kier molecular flexibility index (Phi) is 7.41. The Morgan fingerprint density at radius 2 is 1.56 bits per heavy atom. The zero-order valence-electron chi connectivity index (χ0n) is 14.5. The predicted molar refractivity (Wildman–Crippen MR) is 108 cm³/mol. The molecule has 6 heteroatoms. The average molecular weight is 380 g/mol. The molecule has 0 aliphatic carbocycles. The minimum Gasteiger partial charge on any atom is -0.385 e. The first-order valence-electron chi connectivity index (χ1n) is 8.36. The van der Waals surface area contributed by atoms with E-state index in [1.54, 1.807) is 18.2 Å². The molecular formula is C19H23Cl2N3O. The first-order chi connectivity index (χ1) is 12.0. The number of carbonyl (C=O) groups is 1. The lowest BCUT2D eigenvalue weighted by Gasteiger charge is -2.21. The van der Waals surface area contributed by atoms with Gasteiger partial charge < -0.3 is 15.5 Å². The second-order valence-corrected chi connectivity index (χ2v) is 6.48. The van der Waals surface area contributed by atoms with Crippen molar-refractivity contribution >= 4 is 46.2 Å². The molecule has 1 amide bonds. The van der Waals surface area contributed by atoms with Gasteiger partial charge in [-0.05, 0) is 56.3 Å². The van der Waals surface area contributed by atoms with Crippen LogP contribution >= 0.6 is 23.2 Å². The van der Waals surface area contributed by atoms with Crippen molar-refractivity contribution in [3.05, 3.63) is 52.5 Å². The Bertz CT molecular complexity index is 680. The van der Waals surface area contributed by atoms with Crippen LogP contribution < -0.4 is 15.5 Å². The average Bonchev–Trinajstić information content (AvgIpc) is 2.56. The Balaban J connectivity index is 1.80. The third-order valence-electron chi connectivity index (χ3n) is 3.82. The fourth-order valence-electron chi connectivity index (χ4n) is 2.55. The molecule has 2 aromatic carbocycles. The summed E-state index contributed by atoms with van der Waals surface area (Å²) in [5.41, 5.74) is 2.80. The van der Waals surface area contributed by atoms with E-state index in [1.807, 2.05) is 12.1 Å². The van der Waals surface area contributed by atoms with E-state index in [0.717, 1.165) is 18.8 Å². The quantitative estimate of drug-likeness (QED) is 0.655. The minimum atomic E-state index is -0.0920. The van der Waals surface area contributed by atoms with Crippen LogP contribution in [0, 0.1) is 0 Å². The molecular weight excluding hydrogens is 357 g/mol. The summed E-state index contributed by atoms with van der Waals surface area (Å²) in [4.78, 5) is 14.3. The minimum absolute atomic E-state index is 0.0920. The molecule has 2 aromatic rings. The summed E-state index contributed by atoms with van der Waals surface area (Å²) in [5, 5.41) is 7.04. The first-order valence-corrected chi connectivity index (χ1v) is 9.12. The molecule has 2 rings (SSSR count). The molecule has 0 saturated carbocycles. The number of nitrogens with zero attached hydrogens (tertiary/aromatic N) is 1. The maximum atomic E-state index is 12.0. The lowest BCUT2D eigenvalue weighted by atomic mass is 10.2. The van der Waals surface area contributed by atoms with Crippen LogP contribution in [0.4, 0.5) is 17.1 Å². The van der Waals surface area contributed by atoms with Gasteiger partial charge >= 0.3 is 0 Å². The fraction of sp³-hybridized carbons (Fsp3) is 0.316. The van der Waals surface area contributed by atoms with E-state index < -0.39 is 0 Å². The van der Waals surface area contributed by atoms with E-state index in [9.17, 15) is 4.79 Å². The summed E-state index contributed by atoms with van der Waals surface area (Å²) >= 11 is 11.8. The van der Waals surface area contributed by atoms with Crippen LogP contribution in [0.5, 0.6) is 0 Å². The number of carbonyl (C=O) groups excluding carboxylic acids is 1. The van der Waals surface area contributed by atoms with Gasteiger partial charge in [-0.2, -0.15) is 0 Å². The summed E-state index contributed by atoms with van der Waals surface area (Å²) in [5.74, 6) is -0.0920. The topological polar surface area (TPSA) is 44.4 Å². The van der Waals surface area contributed by atoms with Gasteiger partial charge in [0.15, 0.2) is 0 Å². The Hall–Kier alpha value is -1.91. The summed E-state index contributed by atoms with van der Waals surface area (Å²) in [7, 11) is 0. The van der Waals surface area contributed by atoms with Crippen molar-refractivity contribution < 1.29 is 4.79 Å². The smallest absolute Gasteiger partial charge is 0.226 e. The number of benzene rings is 2. The normalized spacial score (nSPS) is 10.4. The number of hydrogen-bond acceptors (Lipinski definition) is 3. The molecule has 25 heavy (non-hydrogen) atoms. The molecule has 0 fully saturated rings. The van der Waals surface area contributed by atoms with E-state index in [4.69, 9.17) is 23.2 Å². The monoisotopic (exact) mass is 379 g/mol. The molecule has 0 aliphatic heterocycles. The second-order valence-electron chi connectivity index (χ2n) is 5.60. The lowest BCUT2D eigenvalue weighted by molar-refractivity contribution is -0.115. The van der Waals surface area contributed by atoms with E-state index >= 15 is 0 Å². The SMILES string of the molecule is CCN(CC)c1ccc(NCCC(=O)Nc2cc(Cl)cc(Cl)c2)cc1.